The van der Waals surface area contributed by atoms with Gasteiger partial charge in [0.25, 0.3) is 0 Å². The molecule has 0 saturated carbocycles. The van der Waals surface area contributed by atoms with Crippen LogP contribution >= 0.6 is 0 Å². The Morgan fingerprint density at radius 3 is 2.67 bits per heavy atom. The Morgan fingerprint density at radius 1 is 1.00 bits per heavy atom. The zero-order valence-electron chi connectivity index (χ0n) is 15.2. The van der Waals surface area contributed by atoms with Crippen molar-refractivity contribution >= 4 is 28.2 Å². The smallest absolute Gasteiger partial charge is 0.224 e. The number of amides is 1. The summed E-state index contributed by atoms with van der Waals surface area (Å²) in [6, 6.07) is 20.0. The Hall–Kier alpha value is -2.92. The van der Waals surface area contributed by atoms with Gasteiger partial charge in [0.15, 0.2) is 0 Å². The predicted octanol–water partition coefficient (Wildman–Crippen LogP) is 3.64. The summed E-state index contributed by atoms with van der Waals surface area (Å²) in [6.07, 6.45) is 1.03. The molecule has 1 aliphatic heterocycles. The van der Waals surface area contributed by atoms with E-state index in [2.05, 4.69) is 21.3 Å². The number of carbonyl (C=O) groups is 1. The van der Waals surface area contributed by atoms with E-state index in [0.29, 0.717) is 12.8 Å². The molecule has 1 aromatic heterocycles. The average molecular weight is 361 g/mol. The number of para-hydroxylation sites is 3. The molecule has 0 spiro atoms. The number of nitrogens with zero attached hydrogens (tertiary/aromatic N) is 2. The molecule has 1 saturated heterocycles. The number of nitrogens with one attached hydrogen (secondary N) is 1. The van der Waals surface area contributed by atoms with E-state index in [1.807, 2.05) is 54.6 Å². The standard InChI is InChI=1S/C22H23N3O2/c26-22(12-11-18-10-9-17-5-1-2-6-19(17)23-18)24-20-7-3-4-8-21(20)25-13-15-27-16-14-25/h1-10H,11-16H2,(H,24,26). The van der Waals surface area contributed by atoms with Crippen LogP contribution in [0.2, 0.25) is 0 Å². The fourth-order valence-corrected chi connectivity index (χ4v) is 3.36. The highest BCUT2D eigenvalue weighted by Gasteiger charge is 2.15. The molecule has 5 heteroatoms. The summed E-state index contributed by atoms with van der Waals surface area (Å²) in [5.41, 5.74) is 3.81. The molecule has 3 aromatic rings. The molecule has 0 radical (unpaired) electrons. The van der Waals surface area contributed by atoms with E-state index in [0.717, 1.165) is 54.3 Å². The number of carbonyl (C=O) groups excluding carboxylic acids is 1. The number of morpholine rings is 1. The highest BCUT2D eigenvalue weighted by Crippen LogP contribution is 2.26. The van der Waals surface area contributed by atoms with Gasteiger partial charge in [-0.15, -0.1) is 0 Å². The number of anilines is 2. The fraction of sp³-hybridized carbons (Fsp3) is 0.273. The molecule has 1 fully saturated rings. The second-order valence-corrected chi connectivity index (χ2v) is 6.66. The van der Waals surface area contributed by atoms with Gasteiger partial charge in [0.1, 0.15) is 0 Å². The van der Waals surface area contributed by atoms with Crippen molar-refractivity contribution in [1.29, 1.82) is 0 Å². The number of fused-ring (bicyclic) bond motifs is 1. The number of ether oxygens (including phenoxy) is 1. The summed E-state index contributed by atoms with van der Waals surface area (Å²) in [4.78, 5) is 19.4. The van der Waals surface area contributed by atoms with E-state index in [1.165, 1.54) is 0 Å². The number of aromatic nitrogens is 1. The van der Waals surface area contributed by atoms with Gasteiger partial charge in [0.2, 0.25) is 5.91 Å². The minimum Gasteiger partial charge on any atom is -0.378 e. The van der Waals surface area contributed by atoms with Crippen LogP contribution in [-0.4, -0.2) is 37.2 Å². The molecule has 0 bridgehead atoms. The van der Waals surface area contributed by atoms with Gasteiger partial charge >= 0.3 is 0 Å². The first-order valence-electron chi connectivity index (χ1n) is 9.36. The van der Waals surface area contributed by atoms with Gasteiger partial charge in [-0.05, 0) is 30.7 Å². The zero-order valence-corrected chi connectivity index (χ0v) is 15.2. The van der Waals surface area contributed by atoms with Gasteiger partial charge in [-0.25, -0.2) is 0 Å². The van der Waals surface area contributed by atoms with Gasteiger partial charge in [-0.3, -0.25) is 9.78 Å². The van der Waals surface area contributed by atoms with Gasteiger partial charge in [-0.2, -0.15) is 0 Å². The van der Waals surface area contributed by atoms with Crippen LogP contribution in [0.3, 0.4) is 0 Å². The number of pyridine rings is 1. The van der Waals surface area contributed by atoms with Crippen LogP contribution in [-0.2, 0) is 16.0 Å². The fourth-order valence-electron chi connectivity index (χ4n) is 3.36. The Morgan fingerprint density at radius 2 is 1.78 bits per heavy atom. The average Bonchev–Trinajstić information content (AvgIpc) is 2.73. The number of hydrogen-bond acceptors (Lipinski definition) is 4. The first kappa shape index (κ1) is 17.5. The minimum atomic E-state index is 0.00525. The van der Waals surface area contributed by atoms with Crippen LogP contribution in [0.15, 0.2) is 60.7 Å². The number of aryl methyl sites for hydroxylation is 1. The second-order valence-electron chi connectivity index (χ2n) is 6.66. The lowest BCUT2D eigenvalue weighted by molar-refractivity contribution is -0.116. The normalized spacial score (nSPS) is 14.3. The van der Waals surface area contributed by atoms with Crippen molar-refractivity contribution < 1.29 is 9.53 Å². The third-order valence-corrected chi connectivity index (χ3v) is 4.79. The SMILES string of the molecule is O=C(CCc1ccc2ccccc2n1)Nc1ccccc1N1CCOCC1. The second kappa shape index (κ2) is 8.18. The van der Waals surface area contributed by atoms with Crippen LogP contribution < -0.4 is 10.2 Å². The van der Waals surface area contributed by atoms with Crippen LogP contribution in [0, 0.1) is 0 Å². The van der Waals surface area contributed by atoms with Crippen molar-refractivity contribution in [2.24, 2.45) is 0 Å². The lowest BCUT2D eigenvalue weighted by atomic mass is 10.1. The monoisotopic (exact) mass is 361 g/mol. The maximum absolute atomic E-state index is 12.5. The molecule has 0 atom stereocenters. The topological polar surface area (TPSA) is 54.5 Å². The highest BCUT2D eigenvalue weighted by atomic mass is 16.5. The first-order chi connectivity index (χ1) is 13.3. The van der Waals surface area contributed by atoms with Crippen LogP contribution in [0.4, 0.5) is 11.4 Å². The van der Waals surface area contributed by atoms with Crippen LogP contribution in [0.25, 0.3) is 10.9 Å². The summed E-state index contributed by atoms with van der Waals surface area (Å²) in [6.45, 7) is 3.12. The highest BCUT2D eigenvalue weighted by molar-refractivity contribution is 5.94. The Balaban J connectivity index is 1.40. The van der Waals surface area contributed by atoms with Crippen molar-refractivity contribution in [3.8, 4) is 0 Å². The zero-order chi connectivity index (χ0) is 18.5. The third kappa shape index (κ3) is 4.26. The quantitative estimate of drug-likeness (QED) is 0.754. The molecule has 2 aromatic carbocycles. The molecule has 1 aliphatic rings. The summed E-state index contributed by atoms with van der Waals surface area (Å²) in [5.74, 6) is 0.00525. The molecule has 138 valence electrons. The van der Waals surface area contributed by atoms with E-state index in [4.69, 9.17) is 4.74 Å². The number of hydrogen-bond donors (Lipinski definition) is 1. The lowest BCUT2D eigenvalue weighted by Gasteiger charge is -2.30. The number of rotatable bonds is 5. The van der Waals surface area contributed by atoms with E-state index in [-0.39, 0.29) is 5.91 Å². The van der Waals surface area contributed by atoms with Crippen molar-refractivity contribution in [2.45, 2.75) is 12.8 Å². The Bertz CT molecular complexity index is 935. The molecular formula is C22H23N3O2. The van der Waals surface area contributed by atoms with Crippen molar-refractivity contribution in [2.75, 3.05) is 36.5 Å². The molecular weight excluding hydrogens is 338 g/mol. The van der Waals surface area contributed by atoms with E-state index in [9.17, 15) is 4.79 Å². The van der Waals surface area contributed by atoms with Crippen LogP contribution in [0.5, 0.6) is 0 Å². The van der Waals surface area contributed by atoms with Crippen molar-refractivity contribution in [3.05, 3.63) is 66.4 Å². The molecule has 1 amide bonds. The summed E-state index contributed by atoms with van der Waals surface area (Å²) >= 11 is 0. The molecule has 0 aliphatic carbocycles. The summed E-state index contributed by atoms with van der Waals surface area (Å²) < 4.78 is 5.42. The van der Waals surface area contributed by atoms with E-state index < -0.39 is 0 Å². The van der Waals surface area contributed by atoms with Crippen molar-refractivity contribution in [1.82, 2.24) is 4.98 Å². The predicted molar refractivity (Wildman–Crippen MR) is 108 cm³/mol. The van der Waals surface area contributed by atoms with E-state index in [1.54, 1.807) is 0 Å². The van der Waals surface area contributed by atoms with Gasteiger partial charge in [-0.1, -0.05) is 36.4 Å². The summed E-state index contributed by atoms with van der Waals surface area (Å²) in [5, 5.41) is 4.18. The molecule has 0 unspecified atom stereocenters. The van der Waals surface area contributed by atoms with Crippen molar-refractivity contribution in [3.63, 3.8) is 0 Å². The van der Waals surface area contributed by atoms with E-state index >= 15 is 0 Å². The molecule has 5 nitrogen and oxygen atoms in total. The summed E-state index contributed by atoms with van der Waals surface area (Å²) in [7, 11) is 0. The van der Waals surface area contributed by atoms with Gasteiger partial charge < -0.3 is 15.0 Å². The molecule has 2 heterocycles. The lowest BCUT2D eigenvalue weighted by Crippen LogP contribution is -2.36. The third-order valence-electron chi connectivity index (χ3n) is 4.79. The number of benzene rings is 2. The Labute approximate surface area is 159 Å². The van der Waals surface area contributed by atoms with Gasteiger partial charge in [0, 0.05) is 30.6 Å². The maximum Gasteiger partial charge on any atom is 0.224 e. The largest absolute Gasteiger partial charge is 0.378 e. The minimum absolute atomic E-state index is 0.00525. The van der Waals surface area contributed by atoms with Gasteiger partial charge in [0.05, 0.1) is 30.1 Å². The molecule has 4 rings (SSSR count). The Kier molecular flexibility index (Phi) is 5.30. The van der Waals surface area contributed by atoms with Crippen LogP contribution in [0.1, 0.15) is 12.1 Å². The first-order valence-corrected chi connectivity index (χ1v) is 9.36. The molecule has 27 heavy (non-hydrogen) atoms. The maximum atomic E-state index is 12.5. The molecule has 1 N–H and O–H groups in total.